The Morgan fingerprint density at radius 3 is 2.05 bits per heavy atom. The number of ether oxygens (including phenoxy) is 1. The van der Waals surface area contributed by atoms with Crippen molar-refractivity contribution in [1.29, 1.82) is 0 Å². The Labute approximate surface area is 145 Å². The molecule has 1 atom stereocenters. The average molecular weight is 349 g/mol. The van der Waals surface area contributed by atoms with Gasteiger partial charge in [-0.1, -0.05) is 12.2 Å². The summed E-state index contributed by atoms with van der Waals surface area (Å²) in [4.78, 5) is 0. The molecule has 0 fully saturated rings. The summed E-state index contributed by atoms with van der Waals surface area (Å²) < 4.78 is 50.4. The summed E-state index contributed by atoms with van der Waals surface area (Å²) in [6.07, 6.45) is 2.78. The molecule has 20 heavy (non-hydrogen) atoms. The van der Waals surface area contributed by atoms with Gasteiger partial charge in [0.2, 0.25) is 0 Å². The molecule has 0 rings (SSSR count). The minimum absolute atomic E-state index is 0. The monoisotopic (exact) mass is 348 g/mol. The van der Waals surface area contributed by atoms with Crippen molar-refractivity contribution in [1.82, 2.24) is 0 Å². The van der Waals surface area contributed by atoms with E-state index >= 15 is 0 Å². The number of rotatable bonds is 10. The second kappa shape index (κ2) is 9.67. The van der Waals surface area contributed by atoms with Crippen LogP contribution in [0.2, 0.25) is 19.6 Å². The van der Waals surface area contributed by atoms with Crippen molar-refractivity contribution in [2.75, 3.05) is 19.4 Å². The van der Waals surface area contributed by atoms with Crippen molar-refractivity contribution in [3.63, 3.8) is 0 Å². The van der Waals surface area contributed by atoms with Crippen LogP contribution in [0.15, 0.2) is 25.3 Å². The van der Waals surface area contributed by atoms with Gasteiger partial charge in [-0.15, -0.1) is 13.2 Å². The molecular formula is C10H21NaO6SSi2. The minimum Gasteiger partial charge on any atom is -0.751 e. The van der Waals surface area contributed by atoms with Crippen molar-refractivity contribution in [2.24, 2.45) is 0 Å². The molecule has 0 aromatic heterocycles. The van der Waals surface area contributed by atoms with Gasteiger partial charge in [0.05, 0.1) is 29.0 Å². The Morgan fingerprint density at radius 1 is 1.15 bits per heavy atom. The Bertz CT molecular complexity index is 414. The van der Waals surface area contributed by atoms with E-state index in [1.165, 1.54) is 18.7 Å². The Hall–Kier alpha value is 0.704. The normalized spacial score (nSPS) is 15.0. The molecule has 0 aromatic rings. The zero-order chi connectivity index (χ0) is 15.2. The van der Waals surface area contributed by atoms with Crippen molar-refractivity contribution >= 4 is 25.6 Å². The van der Waals surface area contributed by atoms with Crippen LogP contribution in [0.1, 0.15) is 0 Å². The Kier molecular flexibility index (Phi) is 11.1. The predicted molar refractivity (Wildman–Crippen MR) is 77.0 cm³/mol. The molecule has 0 aromatic carbocycles. The molecule has 0 heterocycles. The molecular weight excluding hydrogens is 327 g/mol. The molecule has 0 radical (unpaired) electrons. The van der Waals surface area contributed by atoms with Crippen LogP contribution in [0.25, 0.3) is 0 Å². The van der Waals surface area contributed by atoms with Crippen LogP contribution in [0.3, 0.4) is 0 Å². The van der Waals surface area contributed by atoms with Gasteiger partial charge >= 0.3 is 45.6 Å². The molecule has 0 spiro atoms. The first kappa shape index (κ1) is 23.0. The second-order valence-electron chi connectivity index (χ2n) is 4.49. The van der Waals surface area contributed by atoms with E-state index in [0.29, 0.717) is 0 Å². The quantitative estimate of drug-likeness (QED) is 0.202. The number of hydrogen-bond donors (Lipinski definition) is 0. The van der Waals surface area contributed by atoms with Crippen molar-refractivity contribution in [2.45, 2.75) is 19.6 Å². The van der Waals surface area contributed by atoms with Gasteiger partial charge in [-0.2, -0.15) is 0 Å². The molecule has 6 nitrogen and oxygen atoms in total. The van der Waals surface area contributed by atoms with E-state index in [0.717, 1.165) is 0 Å². The molecule has 0 saturated carbocycles. The maximum Gasteiger partial charge on any atom is 1.00 e. The summed E-state index contributed by atoms with van der Waals surface area (Å²) in [6.45, 7) is 12.1. The standard InChI is InChI=1S/C10H22O6SSi2.Na/c1-6-8-14-10-19(5,17(11,12)13)16-18(3,4)15-9-7-2;/h6-7H,1-2,8-10H2,3-5H3,(H,11,12,13);/q;+1/p-1. The van der Waals surface area contributed by atoms with Crippen molar-refractivity contribution in [3.05, 3.63) is 25.3 Å². The van der Waals surface area contributed by atoms with E-state index in [1.54, 1.807) is 13.1 Å². The molecule has 112 valence electrons. The first-order valence-electron chi connectivity index (χ1n) is 5.67. The van der Waals surface area contributed by atoms with Gasteiger partial charge in [-0.05, 0) is 19.6 Å². The first-order valence-corrected chi connectivity index (χ1v) is 13.2. The van der Waals surface area contributed by atoms with Gasteiger partial charge in [0, 0.05) is 0 Å². The third kappa shape index (κ3) is 8.22. The predicted octanol–water partition coefficient (Wildman–Crippen LogP) is -1.73. The van der Waals surface area contributed by atoms with Crippen LogP contribution in [0.4, 0.5) is 0 Å². The van der Waals surface area contributed by atoms with E-state index in [4.69, 9.17) is 13.3 Å². The maximum absolute atomic E-state index is 11.4. The SMILES string of the molecule is C=CCOC[Si](C)(O[Si](C)(C)OCC=C)S(=O)(=O)[O-].[Na+]. The van der Waals surface area contributed by atoms with Crippen LogP contribution >= 0.6 is 0 Å². The maximum atomic E-state index is 11.4. The fourth-order valence-corrected chi connectivity index (χ4v) is 10.9. The van der Waals surface area contributed by atoms with Crippen LogP contribution in [-0.2, 0) is 22.8 Å². The minimum atomic E-state index is -4.57. The van der Waals surface area contributed by atoms with E-state index in [-0.39, 0.29) is 49.0 Å². The molecule has 0 aliphatic rings. The summed E-state index contributed by atoms with van der Waals surface area (Å²) >= 11 is 0. The van der Waals surface area contributed by atoms with Gasteiger partial charge < -0.3 is 17.8 Å². The first-order chi connectivity index (χ1) is 8.58. The summed E-state index contributed by atoms with van der Waals surface area (Å²) in [7, 11) is -10.9. The van der Waals surface area contributed by atoms with Gasteiger partial charge in [-0.25, -0.2) is 8.42 Å². The van der Waals surface area contributed by atoms with Crippen molar-refractivity contribution < 1.29 is 55.8 Å². The molecule has 0 aliphatic heterocycles. The van der Waals surface area contributed by atoms with Gasteiger partial charge in [0.15, 0.2) is 0 Å². The molecule has 10 heteroatoms. The fraction of sp³-hybridized carbons (Fsp3) is 0.600. The van der Waals surface area contributed by atoms with E-state index in [2.05, 4.69) is 13.2 Å². The molecule has 0 bridgehead atoms. The fourth-order valence-electron chi connectivity index (χ4n) is 1.29. The third-order valence-corrected chi connectivity index (χ3v) is 12.8. The van der Waals surface area contributed by atoms with Gasteiger partial charge in [0.25, 0.3) is 0 Å². The molecule has 1 unspecified atom stereocenters. The van der Waals surface area contributed by atoms with Crippen LogP contribution in [0.5, 0.6) is 0 Å². The summed E-state index contributed by atoms with van der Waals surface area (Å²) in [5, 5.41) is 0. The van der Waals surface area contributed by atoms with E-state index in [9.17, 15) is 13.0 Å². The Balaban J connectivity index is 0. The summed E-state index contributed by atoms with van der Waals surface area (Å²) in [5.74, 6) is 0. The van der Waals surface area contributed by atoms with Gasteiger partial charge in [-0.3, -0.25) is 0 Å². The van der Waals surface area contributed by atoms with Gasteiger partial charge in [0.1, 0.15) is 0 Å². The third-order valence-electron chi connectivity index (χ3n) is 2.14. The Morgan fingerprint density at radius 2 is 1.65 bits per heavy atom. The topological polar surface area (TPSA) is 84.9 Å². The van der Waals surface area contributed by atoms with Crippen LogP contribution in [-0.4, -0.2) is 48.4 Å². The zero-order valence-corrected chi connectivity index (χ0v) is 17.4. The second-order valence-corrected chi connectivity index (χ2v) is 16.0. The molecule has 0 saturated heterocycles. The van der Waals surface area contributed by atoms with Crippen LogP contribution in [0, 0.1) is 0 Å². The van der Waals surface area contributed by atoms with Crippen LogP contribution < -0.4 is 29.6 Å². The zero-order valence-electron chi connectivity index (χ0n) is 12.5. The smallest absolute Gasteiger partial charge is 0.751 e. The van der Waals surface area contributed by atoms with E-state index < -0.39 is 25.6 Å². The average Bonchev–Trinajstić information content (AvgIpc) is 2.24. The van der Waals surface area contributed by atoms with E-state index in [1.807, 2.05) is 0 Å². The molecule has 0 amide bonds. The largest absolute Gasteiger partial charge is 1.00 e. The molecule has 0 N–H and O–H groups in total. The molecule has 0 aliphatic carbocycles. The summed E-state index contributed by atoms with van der Waals surface area (Å²) in [5.41, 5.74) is 0. The number of hydrogen-bond acceptors (Lipinski definition) is 6. The van der Waals surface area contributed by atoms with Crippen molar-refractivity contribution in [3.8, 4) is 0 Å². The summed E-state index contributed by atoms with van der Waals surface area (Å²) in [6, 6.07) is 0.